The molecule has 0 heterocycles. The maximum atomic E-state index is 11.7. The Balaban J connectivity index is 4.35. The molecule has 2 N–H and O–H groups in total. The molecule has 0 aliphatic rings. The lowest BCUT2D eigenvalue weighted by molar-refractivity contribution is -0.122. The Labute approximate surface area is 101 Å². The van der Waals surface area contributed by atoms with Crippen LogP contribution in [-0.4, -0.2) is 28.5 Å². The molecule has 3 nitrogen and oxygen atoms in total. The molecule has 15 heavy (non-hydrogen) atoms. The van der Waals surface area contributed by atoms with E-state index in [2.05, 4.69) is 42.0 Å². The molecule has 90 valence electrons. The van der Waals surface area contributed by atoms with Crippen LogP contribution in [0, 0.1) is 5.41 Å². The number of carbonyl (C=O) groups excluding carboxylic acids is 1. The molecule has 0 aromatic heterocycles. The molecule has 2 unspecified atom stereocenters. The average Bonchev–Trinajstić information content (AvgIpc) is 2.14. The maximum Gasteiger partial charge on any atom is 0.234 e. The molecule has 4 heteroatoms. The highest BCUT2D eigenvalue weighted by Gasteiger charge is 2.27. The number of aliphatic hydroxyl groups is 1. The van der Waals surface area contributed by atoms with Gasteiger partial charge in [0, 0.05) is 12.6 Å². The number of nitrogens with one attached hydrogen (secondary N) is 1. The predicted octanol–water partition coefficient (Wildman–Crippen LogP) is 2.07. The van der Waals surface area contributed by atoms with Gasteiger partial charge in [-0.15, -0.1) is 0 Å². The first-order valence-corrected chi connectivity index (χ1v) is 6.29. The fourth-order valence-electron chi connectivity index (χ4n) is 1.30. The smallest absolute Gasteiger partial charge is 0.234 e. The van der Waals surface area contributed by atoms with Crippen LogP contribution in [0.4, 0.5) is 0 Å². The summed E-state index contributed by atoms with van der Waals surface area (Å²) in [6.45, 7) is 8.23. The molecular formula is C11H22BrNO2. The van der Waals surface area contributed by atoms with Crippen molar-refractivity contribution in [1.29, 1.82) is 0 Å². The van der Waals surface area contributed by atoms with Gasteiger partial charge in [-0.25, -0.2) is 0 Å². The summed E-state index contributed by atoms with van der Waals surface area (Å²) in [5, 5.41) is 11.9. The van der Waals surface area contributed by atoms with E-state index in [0.29, 0.717) is 6.42 Å². The number of hydrogen-bond donors (Lipinski definition) is 2. The summed E-state index contributed by atoms with van der Waals surface area (Å²) in [5.74, 6) is 0.00544. The number of carbonyl (C=O) groups is 1. The van der Waals surface area contributed by atoms with Crippen LogP contribution in [-0.2, 0) is 4.79 Å². The molecule has 0 spiro atoms. The second-order valence-corrected chi connectivity index (χ2v) is 5.92. The van der Waals surface area contributed by atoms with Gasteiger partial charge in [0.2, 0.25) is 5.91 Å². The topological polar surface area (TPSA) is 49.3 Å². The highest BCUT2D eigenvalue weighted by molar-refractivity contribution is 9.10. The summed E-state index contributed by atoms with van der Waals surface area (Å²) in [7, 11) is 0. The standard InChI is InChI=1S/C11H22BrNO2/c1-5-8(12)10(15)13-9(6-7-14)11(2,3)4/h8-9,14H,5-7H2,1-4H3,(H,13,15). The van der Waals surface area contributed by atoms with Gasteiger partial charge in [-0.05, 0) is 18.3 Å². The van der Waals surface area contributed by atoms with Crippen molar-refractivity contribution in [1.82, 2.24) is 5.32 Å². The first kappa shape index (κ1) is 14.9. The van der Waals surface area contributed by atoms with Crippen LogP contribution < -0.4 is 5.32 Å². The van der Waals surface area contributed by atoms with Gasteiger partial charge >= 0.3 is 0 Å². The van der Waals surface area contributed by atoms with Crippen molar-refractivity contribution in [2.45, 2.75) is 51.4 Å². The molecule has 0 rings (SSSR count). The van der Waals surface area contributed by atoms with Crippen LogP contribution in [0.15, 0.2) is 0 Å². The number of hydrogen-bond acceptors (Lipinski definition) is 2. The molecule has 0 fully saturated rings. The van der Waals surface area contributed by atoms with E-state index >= 15 is 0 Å². The summed E-state index contributed by atoms with van der Waals surface area (Å²) in [4.78, 5) is 11.5. The number of amides is 1. The monoisotopic (exact) mass is 279 g/mol. The molecular weight excluding hydrogens is 258 g/mol. The summed E-state index contributed by atoms with van der Waals surface area (Å²) in [5.41, 5.74) is -0.0289. The molecule has 0 aromatic carbocycles. The SMILES string of the molecule is CCC(Br)C(=O)NC(CCO)C(C)(C)C. The Bertz CT molecular complexity index is 201. The van der Waals surface area contributed by atoms with E-state index in [9.17, 15) is 4.79 Å². The first-order valence-electron chi connectivity index (χ1n) is 5.38. The fraction of sp³-hybridized carbons (Fsp3) is 0.909. The highest BCUT2D eigenvalue weighted by Crippen LogP contribution is 2.22. The van der Waals surface area contributed by atoms with Gasteiger partial charge in [-0.2, -0.15) is 0 Å². The molecule has 0 bridgehead atoms. The van der Waals surface area contributed by atoms with Crippen molar-refractivity contribution < 1.29 is 9.90 Å². The van der Waals surface area contributed by atoms with Crippen LogP contribution in [0.1, 0.15) is 40.5 Å². The van der Waals surface area contributed by atoms with Gasteiger partial charge in [0.05, 0.1) is 4.83 Å². The Kier molecular flexibility index (Phi) is 6.44. The molecule has 2 atom stereocenters. The summed E-state index contributed by atoms with van der Waals surface area (Å²) in [6.07, 6.45) is 1.36. The van der Waals surface area contributed by atoms with E-state index < -0.39 is 0 Å². The molecule has 0 radical (unpaired) electrons. The molecule has 1 amide bonds. The number of halogens is 1. The van der Waals surface area contributed by atoms with Crippen LogP contribution in [0.25, 0.3) is 0 Å². The van der Waals surface area contributed by atoms with Crippen LogP contribution in [0.2, 0.25) is 0 Å². The highest BCUT2D eigenvalue weighted by atomic mass is 79.9. The Morgan fingerprint density at radius 3 is 2.33 bits per heavy atom. The van der Waals surface area contributed by atoms with E-state index in [-0.39, 0.29) is 28.8 Å². The normalized spacial score (nSPS) is 15.9. The Hall–Kier alpha value is -0.0900. The third-order valence-electron chi connectivity index (χ3n) is 2.42. The van der Waals surface area contributed by atoms with E-state index in [1.54, 1.807) is 0 Å². The average molecular weight is 280 g/mol. The molecule has 0 saturated heterocycles. The van der Waals surface area contributed by atoms with Crippen molar-refractivity contribution in [3.63, 3.8) is 0 Å². The van der Waals surface area contributed by atoms with Crippen molar-refractivity contribution in [2.75, 3.05) is 6.61 Å². The predicted molar refractivity (Wildman–Crippen MR) is 66.1 cm³/mol. The lowest BCUT2D eigenvalue weighted by Crippen LogP contribution is -2.46. The van der Waals surface area contributed by atoms with E-state index in [1.807, 2.05) is 6.92 Å². The zero-order valence-corrected chi connectivity index (χ0v) is 11.6. The third kappa shape index (κ3) is 5.52. The molecule has 0 aliphatic heterocycles. The summed E-state index contributed by atoms with van der Waals surface area (Å²) >= 11 is 3.31. The van der Waals surface area contributed by atoms with Gasteiger partial charge in [0.1, 0.15) is 0 Å². The van der Waals surface area contributed by atoms with E-state index in [0.717, 1.165) is 6.42 Å². The number of alkyl halides is 1. The Morgan fingerprint density at radius 2 is 2.00 bits per heavy atom. The van der Waals surface area contributed by atoms with E-state index in [1.165, 1.54) is 0 Å². The minimum atomic E-state index is -0.138. The van der Waals surface area contributed by atoms with E-state index in [4.69, 9.17) is 5.11 Å². The van der Waals surface area contributed by atoms with Gasteiger partial charge < -0.3 is 10.4 Å². The maximum absolute atomic E-state index is 11.7. The second kappa shape index (κ2) is 6.48. The summed E-state index contributed by atoms with van der Waals surface area (Å²) < 4.78 is 0. The van der Waals surface area contributed by atoms with Crippen molar-refractivity contribution in [3.8, 4) is 0 Å². The first-order chi connectivity index (χ1) is 6.82. The van der Waals surface area contributed by atoms with Gasteiger partial charge in [-0.3, -0.25) is 4.79 Å². The molecule has 0 aromatic rings. The van der Waals surface area contributed by atoms with Gasteiger partial charge in [0.15, 0.2) is 0 Å². The fourth-order valence-corrected chi connectivity index (χ4v) is 1.43. The van der Waals surface area contributed by atoms with Gasteiger partial charge in [-0.1, -0.05) is 43.6 Å². The van der Waals surface area contributed by atoms with Crippen LogP contribution in [0.5, 0.6) is 0 Å². The lowest BCUT2D eigenvalue weighted by atomic mass is 9.85. The Morgan fingerprint density at radius 1 is 1.47 bits per heavy atom. The van der Waals surface area contributed by atoms with Crippen LogP contribution in [0.3, 0.4) is 0 Å². The third-order valence-corrected chi connectivity index (χ3v) is 3.49. The van der Waals surface area contributed by atoms with Crippen molar-refractivity contribution in [3.05, 3.63) is 0 Å². The summed E-state index contributed by atoms with van der Waals surface area (Å²) in [6, 6.07) is 0.0154. The van der Waals surface area contributed by atoms with Crippen molar-refractivity contribution in [2.24, 2.45) is 5.41 Å². The zero-order valence-electron chi connectivity index (χ0n) is 10.0. The zero-order chi connectivity index (χ0) is 12.1. The number of aliphatic hydroxyl groups excluding tert-OH is 1. The second-order valence-electron chi connectivity index (χ2n) is 4.82. The van der Waals surface area contributed by atoms with Crippen molar-refractivity contribution >= 4 is 21.8 Å². The quantitative estimate of drug-likeness (QED) is 0.757. The minimum absolute atomic E-state index is 0.00544. The molecule has 0 saturated carbocycles. The van der Waals surface area contributed by atoms with Crippen LogP contribution >= 0.6 is 15.9 Å². The lowest BCUT2D eigenvalue weighted by Gasteiger charge is -2.31. The minimum Gasteiger partial charge on any atom is -0.396 e. The largest absolute Gasteiger partial charge is 0.396 e. The molecule has 0 aliphatic carbocycles. The van der Waals surface area contributed by atoms with Gasteiger partial charge in [0.25, 0.3) is 0 Å². The number of rotatable bonds is 5.